The third-order valence-corrected chi connectivity index (χ3v) is 3.40. The molecule has 1 rings (SSSR count). The number of aliphatic hydroxyl groups is 1. The number of carboxylic acids is 1. The molecule has 1 aliphatic carbocycles. The Morgan fingerprint density at radius 2 is 2.19 bits per heavy atom. The second-order valence-corrected chi connectivity index (χ2v) is 5.92. The molecule has 0 amide bonds. The van der Waals surface area contributed by atoms with E-state index in [0.717, 1.165) is 12.8 Å². The van der Waals surface area contributed by atoms with Crippen LogP contribution in [0, 0.1) is 5.41 Å². The van der Waals surface area contributed by atoms with Gasteiger partial charge in [-0.15, -0.1) is 0 Å². The first-order valence-corrected chi connectivity index (χ1v) is 5.92. The summed E-state index contributed by atoms with van der Waals surface area (Å²) in [5.41, 5.74) is -1.34. The lowest BCUT2D eigenvalue weighted by atomic mass is 9.75. The van der Waals surface area contributed by atoms with E-state index in [0.29, 0.717) is 11.5 Å². The largest absolute Gasteiger partial charge is 0.479 e. The Balaban J connectivity index is 2.41. The molecule has 94 valence electrons. The van der Waals surface area contributed by atoms with Gasteiger partial charge >= 0.3 is 5.97 Å². The molecule has 0 aromatic rings. The molecule has 3 N–H and O–H groups in total. The van der Waals surface area contributed by atoms with Crippen LogP contribution in [0.3, 0.4) is 0 Å². The normalized spacial score (nSPS) is 28.4. The first-order valence-electron chi connectivity index (χ1n) is 5.92. The second kappa shape index (κ2) is 4.72. The number of carbonyl (C=O) groups is 1. The highest BCUT2D eigenvalue weighted by atomic mass is 16.4. The average Bonchev–Trinajstić information content (AvgIpc) is 2.13. The van der Waals surface area contributed by atoms with Crippen molar-refractivity contribution in [3.63, 3.8) is 0 Å². The van der Waals surface area contributed by atoms with Crippen LogP contribution in [0.2, 0.25) is 0 Å². The molecule has 0 aromatic carbocycles. The molecule has 1 aliphatic rings. The van der Waals surface area contributed by atoms with Crippen LogP contribution in [0.25, 0.3) is 0 Å². The zero-order valence-electron chi connectivity index (χ0n) is 10.4. The topological polar surface area (TPSA) is 69.6 Å². The average molecular weight is 229 g/mol. The van der Waals surface area contributed by atoms with Crippen LogP contribution in [0.4, 0.5) is 0 Å². The number of rotatable bonds is 4. The highest BCUT2D eigenvalue weighted by Gasteiger charge is 2.33. The maximum Gasteiger partial charge on any atom is 0.336 e. The monoisotopic (exact) mass is 229 g/mol. The molecule has 0 aliphatic heterocycles. The Bertz CT molecular complexity index is 261. The minimum atomic E-state index is -1.67. The van der Waals surface area contributed by atoms with E-state index < -0.39 is 11.6 Å². The van der Waals surface area contributed by atoms with Gasteiger partial charge in [0.25, 0.3) is 0 Å². The van der Waals surface area contributed by atoms with Gasteiger partial charge in [0.2, 0.25) is 0 Å². The molecule has 0 radical (unpaired) electrons. The number of hydrogen-bond acceptors (Lipinski definition) is 3. The second-order valence-electron chi connectivity index (χ2n) is 5.92. The number of hydrogen-bond donors (Lipinski definition) is 3. The quantitative estimate of drug-likeness (QED) is 0.681. The fourth-order valence-corrected chi connectivity index (χ4v) is 2.29. The van der Waals surface area contributed by atoms with Crippen molar-refractivity contribution >= 4 is 5.97 Å². The molecule has 2 atom stereocenters. The summed E-state index contributed by atoms with van der Waals surface area (Å²) >= 11 is 0. The van der Waals surface area contributed by atoms with E-state index in [1.54, 1.807) is 0 Å². The number of carboxylic acid groups (broad SMARTS) is 1. The molecular weight excluding hydrogens is 206 g/mol. The summed E-state index contributed by atoms with van der Waals surface area (Å²) in [7, 11) is 0. The van der Waals surface area contributed by atoms with E-state index in [9.17, 15) is 9.90 Å². The third-order valence-electron chi connectivity index (χ3n) is 3.40. The first-order chi connectivity index (χ1) is 7.23. The Morgan fingerprint density at radius 1 is 1.56 bits per heavy atom. The van der Waals surface area contributed by atoms with Crippen LogP contribution in [0.1, 0.15) is 46.5 Å². The molecule has 0 heterocycles. The highest BCUT2D eigenvalue weighted by Crippen LogP contribution is 2.35. The summed E-state index contributed by atoms with van der Waals surface area (Å²) in [4.78, 5) is 10.7. The van der Waals surface area contributed by atoms with E-state index in [4.69, 9.17) is 5.11 Å². The lowest BCUT2D eigenvalue weighted by Crippen LogP contribution is -2.49. The summed E-state index contributed by atoms with van der Waals surface area (Å²) in [6.07, 6.45) is 4.50. The van der Waals surface area contributed by atoms with Gasteiger partial charge in [0, 0.05) is 12.6 Å². The molecule has 4 nitrogen and oxygen atoms in total. The molecule has 1 fully saturated rings. The molecular formula is C12H23NO3. The van der Waals surface area contributed by atoms with E-state index >= 15 is 0 Å². The van der Waals surface area contributed by atoms with Crippen LogP contribution >= 0.6 is 0 Å². The van der Waals surface area contributed by atoms with E-state index in [1.807, 2.05) is 0 Å². The summed E-state index contributed by atoms with van der Waals surface area (Å²) in [5.74, 6) is -1.17. The van der Waals surface area contributed by atoms with E-state index in [2.05, 4.69) is 19.2 Å². The molecule has 0 bridgehead atoms. The van der Waals surface area contributed by atoms with Crippen molar-refractivity contribution in [2.24, 2.45) is 5.41 Å². The Kier molecular flexibility index (Phi) is 3.97. The van der Waals surface area contributed by atoms with Crippen molar-refractivity contribution < 1.29 is 15.0 Å². The summed E-state index contributed by atoms with van der Waals surface area (Å²) < 4.78 is 0. The minimum absolute atomic E-state index is 0.114. The SMILES string of the molecule is CC1(C)CCCC(NCC(C)(O)C(=O)O)C1. The first kappa shape index (κ1) is 13.5. The Morgan fingerprint density at radius 3 is 2.69 bits per heavy atom. The van der Waals surface area contributed by atoms with Crippen molar-refractivity contribution in [3.8, 4) is 0 Å². The predicted molar refractivity (Wildman–Crippen MR) is 62.3 cm³/mol. The van der Waals surface area contributed by atoms with Crippen molar-refractivity contribution in [2.75, 3.05) is 6.54 Å². The van der Waals surface area contributed by atoms with Crippen LogP contribution in [-0.4, -0.2) is 34.4 Å². The smallest absolute Gasteiger partial charge is 0.336 e. The fraction of sp³-hybridized carbons (Fsp3) is 0.917. The van der Waals surface area contributed by atoms with Crippen LogP contribution in [0.5, 0.6) is 0 Å². The predicted octanol–water partition coefficient (Wildman–Crippen LogP) is 1.38. The van der Waals surface area contributed by atoms with Crippen molar-refractivity contribution in [1.82, 2.24) is 5.32 Å². The molecule has 1 saturated carbocycles. The summed E-state index contributed by atoms with van der Waals surface area (Å²) in [5, 5.41) is 21.5. The standard InChI is InChI=1S/C12H23NO3/c1-11(2)6-4-5-9(7-11)13-8-12(3,16)10(14)15/h9,13,16H,4-8H2,1-3H3,(H,14,15). The number of aliphatic carboxylic acids is 1. The van der Waals surface area contributed by atoms with Crippen LogP contribution < -0.4 is 5.32 Å². The Labute approximate surface area is 97.0 Å². The molecule has 0 aromatic heterocycles. The maximum atomic E-state index is 10.7. The van der Waals surface area contributed by atoms with Gasteiger partial charge in [-0.1, -0.05) is 20.3 Å². The van der Waals surface area contributed by atoms with Crippen LogP contribution in [0.15, 0.2) is 0 Å². The molecule has 0 saturated heterocycles. The van der Waals surface area contributed by atoms with Gasteiger partial charge in [-0.2, -0.15) is 0 Å². The molecule has 2 unspecified atom stereocenters. The van der Waals surface area contributed by atoms with Gasteiger partial charge in [-0.25, -0.2) is 4.79 Å². The molecule has 16 heavy (non-hydrogen) atoms. The summed E-state index contributed by atoms with van der Waals surface area (Å²) in [6.45, 7) is 5.91. The minimum Gasteiger partial charge on any atom is -0.479 e. The molecule has 0 spiro atoms. The maximum absolute atomic E-state index is 10.7. The van der Waals surface area contributed by atoms with Gasteiger partial charge in [0.05, 0.1) is 0 Å². The van der Waals surface area contributed by atoms with Crippen molar-refractivity contribution in [2.45, 2.75) is 58.1 Å². The van der Waals surface area contributed by atoms with Crippen molar-refractivity contribution in [3.05, 3.63) is 0 Å². The number of nitrogens with one attached hydrogen (secondary N) is 1. The van der Waals surface area contributed by atoms with Gasteiger partial charge in [-0.05, 0) is 31.6 Å². The van der Waals surface area contributed by atoms with Gasteiger partial charge < -0.3 is 15.5 Å². The lowest BCUT2D eigenvalue weighted by Gasteiger charge is -2.36. The molecule has 4 heteroatoms. The lowest BCUT2D eigenvalue weighted by molar-refractivity contribution is -0.156. The van der Waals surface area contributed by atoms with E-state index in [-0.39, 0.29) is 6.54 Å². The van der Waals surface area contributed by atoms with Gasteiger partial charge in [-0.3, -0.25) is 0 Å². The Hall–Kier alpha value is -0.610. The third kappa shape index (κ3) is 3.76. The van der Waals surface area contributed by atoms with Gasteiger partial charge in [0.15, 0.2) is 5.60 Å². The zero-order valence-corrected chi connectivity index (χ0v) is 10.4. The fourth-order valence-electron chi connectivity index (χ4n) is 2.29. The van der Waals surface area contributed by atoms with Crippen molar-refractivity contribution in [1.29, 1.82) is 0 Å². The zero-order chi connectivity index (χ0) is 12.4. The van der Waals surface area contributed by atoms with E-state index in [1.165, 1.54) is 19.8 Å². The van der Waals surface area contributed by atoms with Gasteiger partial charge in [0.1, 0.15) is 0 Å². The van der Waals surface area contributed by atoms with Crippen LogP contribution in [-0.2, 0) is 4.79 Å². The highest BCUT2D eigenvalue weighted by molar-refractivity contribution is 5.76. The summed E-state index contributed by atoms with van der Waals surface area (Å²) in [6, 6.07) is 0.328.